The number of hydrogen-bond donors (Lipinski definition) is 2. The third-order valence-corrected chi connectivity index (χ3v) is 4.00. The zero-order valence-corrected chi connectivity index (χ0v) is 14.0. The number of amides is 2. The highest BCUT2D eigenvalue weighted by atomic mass is 16.5. The molecule has 1 aliphatic heterocycles. The van der Waals surface area contributed by atoms with Crippen LogP contribution in [0.2, 0.25) is 0 Å². The first-order valence-corrected chi connectivity index (χ1v) is 8.10. The Morgan fingerprint density at radius 1 is 1.29 bits per heavy atom. The fourth-order valence-corrected chi connectivity index (χ4v) is 2.86. The van der Waals surface area contributed by atoms with E-state index >= 15 is 0 Å². The van der Waals surface area contributed by atoms with Gasteiger partial charge in [0.1, 0.15) is 11.5 Å². The predicted molar refractivity (Wildman–Crippen MR) is 94.0 cm³/mol. The van der Waals surface area contributed by atoms with E-state index in [2.05, 4.69) is 22.8 Å². The van der Waals surface area contributed by atoms with Gasteiger partial charge in [0.15, 0.2) is 0 Å². The van der Waals surface area contributed by atoms with Gasteiger partial charge in [-0.15, -0.1) is 0 Å². The van der Waals surface area contributed by atoms with Crippen molar-refractivity contribution in [1.29, 1.82) is 0 Å². The molecule has 24 heavy (non-hydrogen) atoms. The number of urea groups is 1. The molecule has 1 heterocycles. The van der Waals surface area contributed by atoms with Crippen molar-refractivity contribution in [1.82, 2.24) is 5.32 Å². The first-order chi connectivity index (χ1) is 11.6. The molecule has 1 unspecified atom stereocenters. The summed E-state index contributed by atoms with van der Waals surface area (Å²) in [4.78, 5) is 12.1. The normalized spacial score (nSPS) is 13.6. The maximum absolute atomic E-state index is 12.1. The second-order valence-corrected chi connectivity index (χ2v) is 5.98. The summed E-state index contributed by atoms with van der Waals surface area (Å²) in [6, 6.07) is 13.3. The SMILES string of the molecule is COc1cccc(NC(=O)NC(C)Cc2ccc3c(c2)CCO3)c1. The summed E-state index contributed by atoms with van der Waals surface area (Å²) in [6.45, 7) is 2.75. The van der Waals surface area contributed by atoms with E-state index in [4.69, 9.17) is 9.47 Å². The predicted octanol–water partition coefficient (Wildman–Crippen LogP) is 3.38. The van der Waals surface area contributed by atoms with Crippen molar-refractivity contribution in [3.8, 4) is 11.5 Å². The van der Waals surface area contributed by atoms with Crippen LogP contribution in [-0.4, -0.2) is 25.8 Å². The molecule has 0 radical (unpaired) electrons. The van der Waals surface area contributed by atoms with Crippen molar-refractivity contribution in [2.45, 2.75) is 25.8 Å². The number of nitrogens with one attached hydrogen (secondary N) is 2. The molecule has 2 amide bonds. The Balaban J connectivity index is 1.54. The van der Waals surface area contributed by atoms with Gasteiger partial charge in [-0.3, -0.25) is 0 Å². The van der Waals surface area contributed by atoms with Crippen LogP contribution in [0.15, 0.2) is 42.5 Å². The molecular weight excluding hydrogens is 304 g/mol. The van der Waals surface area contributed by atoms with Crippen molar-refractivity contribution in [3.05, 3.63) is 53.6 Å². The highest BCUT2D eigenvalue weighted by molar-refractivity contribution is 5.89. The second kappa shape index (κ2) is 7.25. The number of rotatable bonds is 5. The summed E-state index contributed by atoms with van der Waals surface area (Å²) in [5, 5.41) is 5.78. The minimum absolute atomic E-state index is 0.0241. The molecule has 0 bridgehead atoms. The summed E-state index contributed by atoms with van der Waals surface area (Å²) in [5.74, 6) is 1.69. The third-order valence-electron chi connectivity index (χ3n) is 4.00. The van der Waals surface area contributed by atoms with Crippen LogP contribution in [0.1, 0.15) is 18.1 Å². The lowest BCUT2D eigenvalue weighted by atomic mass is 10.0. The van der Waals surface area contributed by atoms with Crippen LogP contribution in [0.25, 0.3) is 0 Å². The van der Waals surface area contributed by atoms with E-state index in [1.807, 2.05) is 31.2 Å². The highest BCUT2D eigenvalue weighted by Crippen LogP contribution is 2.26. The summed E-state index contributed by atoms with van der Waals surface area (Å²) < 4.78 is 10.7. The number of methoxy groups -OCH3 is 1. The van der Waals surface area contributed by atoms with Crippen molar-refractivity contribution in [2.24, 2.45) is 0 Å². The smallest absolute Gasteiger partial charge is 0.319 e. The van der Waals surface area contributed by atoms with Crippen molar-refractivity contribution in [3.63, 3.8) is 0 Å². The van der Waals surface area contributed by atoms with Gasteiger partial charge in [-0.05, 0) is 42.7 Å². The van der Waals surface area contributed by atoms with Gasteiger partial charge in [-0.2, -0.15) is 0 Å². The Morgan fingerprint density at radius 2 is 2.17 bits per heavy atom. The Hall–Kier alpha value is -2.69. The third kappa shape index (κ3) is 3.98. The summed E-state index contributed by atoms with van der Waals surface area (Å²) in [7, 11) is 1.60. The topological polar surface area (TPSA) is 59.6 Å². The van der Waals surface area contributed by atoms with Crippen LogP contribution in [-0.2, 0) is 12.8 Å². The van der Waals surface area contributed by atoms with Crippen LogP contribution in [0.3, 0.4) is 0 Å². The molecule has 1 aliphatic rings. The minimum Gasteiger partial charge on any atom is -0.497 e. The fourth-order valence-electron chi connectivity index (χ4n) is 2.86. The van der Waals surface area contributed by atoms with Gasteiger partial charge in [0, 0.05) is 24.2 Å². The Bertz CT molecular complexity index is 730. The number of fused-ring (bicyclic) bond motifs is 1. The summed E-state index contributed by atoms with van der Waals surface area (Å²) >= 11 is 0. The zero-order valence-electron chi connectivity index (χ0n) is 14.0. The average molecular weight is 326 g/mol. The molecule has 0 fully saturated rings. The van der Waals surface area contributed by atoms with Crippen LogP contribution >= 0.6 is 0 Å². The molecule has 5 nitrogen and oxygen atoms in total. The number of carbonyl (C=O) groups is 1. The van der Waals surface area contributed by atoms with Gasteiger partial charge < -0.3 is 20.1 Å². The molecule has 0 saturated carbocycles. The quantitative estimate of drug-likeness (QED) is 0.885. The molecule has 3 rings (SSSR count). The Kier molecular flexibility index (Phi) is 4.89. The van der Waals surface area contributed by atoms with Gasteiger partial charge in [-0.25, -0.2) is 4.79 Å². The maximum Gasteiger partial charge on any atom is 0.319 e. The number of carbonyl (C=O) groups excluding carboxylic acids is 1. The lowest BCUT2D eigenvalue weighted by Gasteiger charge is -2.15. The van der Waals surface area contributed by atoms with Gasteiger partial charge >= 0.3 is 6.03 Å². The molecule has 0 saturated heterocycles. The second-order valence-electron chi connectivity index (χ2n) is 5.98. The summed E-state index contributed by atoms with van der Waals surface area (Å²) in [5.41, 5.74) is 3.16. The van der Waals surface area contributed by atoms with Crippen molar-refractivity contribution in [2.75, 3.05) is 19.0 Å². The fraction of sp³-hybridized carbons (Fsp3) is 0.316. The number of anilines is 1. The van der Waals surface area contributed by atoms with Gasteiger partial charge in [0.25, 0.3) is 0 Å². The van der Waals surface area contributed by atoms with Crippen LogP contribution < -0.4 is 20.1 Å². The first kappa shape index (κ1) is 16.2. The molecule has 0 aromatic heterocycles. The lowest BCUT2D eigenvalue weighted by Crippen LogP contribution is -2.37. The molecule has 2 N–H and O–H groups in total. The minimum atomic E-state index is -0.222. The maximum atomic E-state index is 12.1. The first-order valence-electron chi connectivity index (χ1n) is 8.10. The molecule has 1 atom stereocenters. The van der Waals surface area contributed by atoms with Crippen LogP contribution in [0.4, 0.5) is 10.5 Å². The van der Waals surface area contributed by atoms with E-state index in [9.17, 15) is 4.79 Å². The Labute approximate surface area is 142 Å². The average Bonchev–Trinajstić information content (AvgIpc) is 3.02. The summed E-state index contributed by atoms with van der Waals surface area (Å²) in [6.07, 6.45) is 1.74. The van der Waals surface area contributed by atoms with Crippen LogP contribution in [0.5, 0.6) is 11.5 Å². The Morgan fingerprint density at radius 3 is 3.00 bits per heavy atom. The molecule has 2 aromatic rings. The standard InChI is InChI=1S/C19H22N2O3/c1-13(10-14-6-7-18-15(11-14)8-9-24-18)20-19(22)21-16-4-3-5-17(12-16)23-2/h3-7,11-13H,8-10H2,1-2H3,(H2,20,21,22). The lowest BCUT2D eigenvalue weighted by molar-refractivity contribution is 0.249. The molecule has 0 spiro atoms. The van der Waals surface area contributed by atoms with Crippen molar-refractivity contribution < 1.29 is 14.3 Å². The van der Waals surface area contributed by atoms with E-state index in [0.29, 0.717) is 11.4 Å². The van der Waals surface area contributed by atoms with Gasteiger partial charge in [-0.1, -0.05) is 18.2 Å². The number of hydrogen-bond acceptors (Lipinski definition) is 3. The molecular formula is C19H22N2O3. The van der Waals surface area contributed by atoms with Crippen LogP contribution in [0, 0.1) is 0 Å². The molecule has 0 aliphatic carbocycles. The van der Waals surface area contributed by atoms with Crippen molar-refractivity contribution >= 4 is 11.7 Å². The number of ether oxygens (including phenoxy) is 2. The van der Waals surface area contributed by atoms with E-state index in [-0.39, 0.29) is 12.1 Å². The monoisotopic (exact) mass is 326 g/mol. The van der Waals surface area contributed by atoms with Gasteiger partial charge in [0.05, 0.1) is 13.7 Å². The zero-order chi connectivity index (χ0) is 16.9. The van der Waals surface area contributed by atoms with E-state index in [1.165, 1.54) is 11.1 Å². The molecule has 5 heteroatoms. The highest BCUT2D eigenvalue weighted by Gasteiger charge is 2.14. The van der Waals surface area contributed by atoms with E-state index in [0.717, 1.165) is 25.2 Å². The van der Waals surface area contributed by atoms with E-state index in [1.54, 1.807) is 13.2 Å². The largest absolute Gasteiger partial charge is 0.497 e. The van der Waals surface area contributed by atoms with Gasteiger partial charge in [0.2, 0.25) is 0 Å². The number of benzene rings is 2. The van der Waals surface area contributed by atoms with E-state index < -0.39 is 0 Å². The molecule has 2 aromatic carbocycles. The molecule has 126 valence electrons.